The van der Waals surface area contributed by atoms with E-state index in [1.165, 1.54) is 4.42 Å². The molecule has 0 amide bonds. The van der Waals surface area contributed by atoms with Crippen LogP contribution in [0.2, 0.25) is 0 Å². The summed E-state index contributed by atoms with van der Waals surface area (Å²) in [6.45, 7) is 0. The number of hydrogen-bond acceptors (Lipinski definition) is 3. The number of halogens is 2. The molecule has 1 aliphatic heterocycles. The lowest BCUT2D eigenvalue weighted by Crippen LogP contribution is -2.25. The van der Waals surface area contributed by atoms with Crippen LogP contribution in [0.4, 0.5) is 0 Å². The lowest BCUT2D eigenvalue weighted by molar-refractivity contribution is 0.312. The van der Waals surface area contributed by atoms with Crippen molar-refractivity contribution < 1.29 is 0 Å². The normalized spacial score (nSPS) is 27.6. The predicted octanol–water partition coefficient (Wildman–Crippen LogP) is 1.01. The van der Waals surface area contributed by atoms with E-state index in [0.717, 1.165) is 0 Å². The second-order valence-electron chi connectivity index (χ2n) is 1.46. The van der Waals surface area contributed by atoms with E-state index in [1.54, 1.807) is 11.3 Å². The molecule has 0 aliphatic carbocycles. The second kappa shape index (κ2) is 2.11. The van der Waals surface area contributed by atoms with Gasteiger partial charge >= 0.3 is 0 Å². The molecule has 1 aliphatic rings. The Kier molecular flexibility index (Phi) is 1.62. The molecule has 8 heavy (non-hydrogen) atoms. The first-order valence-corrected chi connectivity index (χ1v) is 3.32. The van der Waals surface area contributed by atoms with Crippen molar-refractivity contribution in [2.24, 2.45) is 5.10 Å². The van der Waals surface area contributed by atoms with Gasteiger partial charge in [-0.3, -0.25) is 5.01 Å². The minimum Gasteiger partial charge on any atom is -0.265 e. The Bertz CT molecular complexity index is 105. The van der Waals surface area contributed by atoms with E-state index in [1.807, 2.05) is 7.05 Å². The van der Waals surface area contributed by atoms with Gasteiger partial charge in [0.15, 0.2) is 5.08 Å². The first-order valence-electron chi connectivity index (χ1n) is 2.07. The van der Waals surface area contributed by atoms with Gasteiger partial charge in [-0.2, -0.15) is 5.10 Å². The second-order valence-corrected chi connectivity index (χ2v) is 2.67. The minimum absolute atomic E-state index is 0.00386. The highest BCUT2D eigenvalue weighted by molar-refractivity contribution is 9.09. The van der Waals surface area contributed by atoms with Gasteiger partial charge in [0, 0.05) is 18.8 Å². The molecule has 46 valence electrons. The minimum atomic E-state index is 0.00386. The fourth-order valence-corrected chi connectivity index (χ4v) is 0.777. The van der Waals surface area contributed by atoms with Crippen LogP contribution < -0.4 is 0 Å². The van der Waals surface area contributed by atoms with E-state index >= 15 is 0 Å². The van der Waals surface area contributed by atoms with Crippen LogP contribution >= 0.6 is 27.7 Å². The molecule has 0 bridgehead atoms. The molecule has 1 unspecified atom stereocenters. The zero-order valence-electron chi connectivity index (χ0n) is 4.25. The Morgan fingerprint density at radius 1 is 1.88 bits per heavy atom. The standard InChI is InChI=1S/C3H5BrClN3/c1-7-3(4)8(5)2-6-7/h2-3H,1H3. The van der Waals surface area contributed by atoms with Crippen LogP contribution in [-0.2, 0) is 0 Å². The molecule has 3 nitrogen and oxygen atoms in total. The van der Waals surface area contributed by atoms with Gasteiger partial charge < -0.3 is 0 Å². The van der Waals surface area contributed by atoms with Gasteiger partial charge in [0.1, 0.15) is 6.34 Å². The molecule has 0 aromatic heterocycles. The van der Waals surface area contributed by atoms with Gasteiger partial charge in [0.25, 0.3) is 0 Å². The molecule has 5 heteroatoms. The van der Waals surface area contributed by atoms with Crippen molar-refractivity contribution in [3.8, 4) is 0 Å². The molecule has 0 saturated heterocycles. The summed E-state index contributed by atoms with van der Waals surface area (Å²) in [6, 6.07) is 0. The van der Waals surface area contributed by atoms with E-state index < -0.39 is 0 Å². The van der Waals surface area contributed by atoms with Crippen LogP contribution in [0.1, 0.15) is 0 Å². The molecule has 1 rings (SSSR count). The maximum atomic E-state index is 5.55. The number of rotatable bonds is 0. The number of hydrazone groups is 1. The molecular formula is C3H5BrClN3. The number of alkyl halides is 1. The lowest BCUT2D eigenvalue weighted by atomic mass is 11.0. The molecule has 0 aromatic carbocycles. The smallest absolute Gasteiger partial charge is 0.189 e. The van der Waals surface area contributed by atoms with E-state index in [2.05, 4.69) is 21.0 Å². The van der Waals surface area contributed by atoms with E-state index in [9.17, 15) is 0 Å². The van der Waals surface area contributed by atoms with Crippen molar-refractivity contribution in [3.05, 3.63) is 0 Å². The average molecular weight is 198 g/mol. The summed E-state index contributed by atoms with van der Waals surface area (Å²) in [5.74, 6) is 0. The van der Waals surface area contributed by atoms with Crippen LogP contribution in [-0.4, -0.2) is 27.9 Å². The van der Waals surface area contributed by atoms with Crippen LogP contribution in [0.25, 0.3) is 0 Å². The summed E-state index contributed by atoms with van der Waals surface area (Å²) >= 11 is 8.82. The molecule has 1 atom stereocenters. The predicted molar refractivity (Wildman–Crippen MR) is 36.7 cm³/mol. The Hall–Kier alpha value is 0.0400. The molecular weight excluding hydrogens is 193 g/mol. The van der Waals surface area contributed by atoms with E-state index in [0.29, 0.717) is 0 Å². The third kappa shape index (κ3) is 0.902. The fraction of sp³-hybridized carbons (Fsp3) is 0.667. The molecule has 0 radical (unpaired) electrons. The van der Waals surface area contributed by atoms with Crippen LogP contribution in [0.5, 0.6) is 0 Å². The molecule has 0 saturated carbocycles. The number of hydrogen-bond donors (Lipinski definition) is 0. The fourth-order valence-electron chi connectivity index (χ4n) is 0.400. The van der Waals surface area contributed by atoms with E-state index in [-0.39, 0.29) is 5.08 Å². The highest BCUT2D eigenvalue weighted by Crippen LogP contribution is 2.16. The van der Waals surface area contributed by atoms with Crippen molar-refractivity contribution in [2.75, 3.05) is 7.05 Å². The molecule has 0 spiro atoms. The Morgan fingerprint density at radius 3 is 2.62 bits per heavy atom. The highest BCUT2D eigenvalue weighted by Gasteiger charge is 2.19. The van der Waals surface area contributed by atoms with E-state index in [4.69, 9.17) is 11.8 Å². The summed E-state index contributed by atoms with van der Waals surface area (Å²) in [6.07, 6.45) is 1.54. The molecule has 1 heterocycles. The number of nitrogens with zero attached hydrogens (tertiary/aromatic N) is 3. The van der Waals surface area contributed by atoms with Crippen molar-refractivity contribution in [1.82, 2.24) is 9.43 Å². The quantitative estimate of drug-likeness (QED) is 0.329. The Balaban J connectivity index is 2.55. The van der Waals surface area contributed by atoms with Crippen molar-refractivity contribution in [1.29, 1.82) is 0 Å². The average Bonchev–Trinajstić information content (AvgIpc) is 1.98. The first kappa shape index (κ1) is 6.16. The van der Waals surface area contributed by atoms with Crippen LogP contribution in [0, 0.1) is 0 Å². The van der Waals surface area contributed by atoms with Gasteiger partial charge in [-0.15, -0.1) is 0 Å². The van der Waals surface area contributed by atoms with Crippen molar-refractivity contribution >= 4 is 34.0 Å². The lowest BCUT2D eigenvalue weighted by Gasteiger charge is -2.14. The van der Waals surface area contributed by atoms with Crippen molar-refractivity contribution in [2.45, 2.75) is 5.08 Å². The maximum Gasteiger partial charge on any atom is 0.189 e. The highest BCUT2D eigenvalue weighted by atomic mass is 79.9. The largest absolute Gasteiger partial charge is 0.265 e. The van der Waals surface area contributed by atoms with Crippen LogP contribution in [0.15, 0.2) is 5.10 Å². The molecule has 0 N–H and O–H groups in total. The molecule has 0 fully saturated rings. The summed E-state index contributed by atoms with van der Waals surface area (Å²) in [5, 5.41) is 5.56. The first-order chi connectivity index (χ1) is 3.72. The molecule has 0 aromatic rings. The van der Waals surface area contributed by atoms with Gasteiger partial charge in [-0.25, -0.2) is 4.42 Å². The summed E-state index contributed by atoms with van der Waals surface area (Å²) in [7, 11) is 1.83. The SMILES string of the molecule is CN1N=CN(Cl)C1Br. The Labute approximate surface area is 61.1 Å². The van der Waals surface area contributed by atoms with Gasteiger partial charge in [-0.1, -0.05) is 0 Å². The topological polar surface area (TPSA) is 18.8 Å². The van der Waals surface area contributed by atoms with Gasteiger partial charge in [0.05, 0.1) is 0 Å². The van der Waals surface area contributed by atoms with Gasteiger partial charge in [0.2, 0.25) is 0 Å². The zero-order valence-corrected chi connectivity index (χ0v) is 6.59. The van der Waals surface area contributed by atoms with Crippen molar-refractivity contribution in [3.63, 3.8) is 0 Å². The zero-order chi connectivity index (χ0) is 6.15. The monoisotopic (exact) mass is 197 g/mol. The third-order valence-electron chi connectivity index (χ3n) is 0.856. The Morgan fingerprint density at radius 2 is 2.50 bits per heavy atom. The third-order valence-corrected chi connectivity index (χ3v) is 2.40. The summed E-state index contributed by atoms with van der Waals surface area (Å²) in [4.78, 5) is 0. The van der Waals surface area contributed by atoms with Gasteiger partial charge in [-0.05, 0) is 15.9 Å². The maximum absolute atomic E-state index is 5.55. The van der Waals surface area contributed by atoms with Crippen LogP contribution in [0.3, 0.4) is 0 Å². The summed E-state index contributed by atoms with van der Waals surface area (Å²) in [5.41, 5.74) is 0. The summed E-state index contributed by atoms with van der Waals surface area (Å²) < 4.78 is 1.44.